The maximum atomic E-state index is 12.5. The Labute approximate surface area is 186 Å². The zero-order valence-corrected chi connectivity index (χ0v) is 18.2. The van der Waals surface area contributed by atoms with Crippen LogP contribution in [0, 0.1) is 0 Å². The maximum Gasteiger partial charge on any atom is 0.329 e. The molecule has 0 aliphatic carbocycles. The first-order valence-corrected chi connectivity index (χ1v) is 10.6. The highest BCUT2D eigenvalue weighted by Crippen LogP contribution is 2.21. The smallest absolute Gasteiger partial charge is 0.329 e. The van der Waals surface area contributed by atoms with Crippen LogP contribution in [0.25, 0.3) is 0 Å². The average molecular weight is 441 g/mol. The summed E-state index contributed by atoms with van der Waals surface area (Å²) in [6.45, 7) is 5.00. The van der Waals surface area contributed by atoms with Crippen LogP contribution in [-0.2, 0) is 14.3 Å². The molecule has 1 aliphatic heterocycles. The molecule has 1 aromatic heterocycles. The first-order valence-electron chi connectivity index (χ1n) is 10.6. The van der Waals surface area contributed by atoms with Crippen LogP contribution in [0.2, 0.25) is 0 Å². The summed E-state index contributed by atoms with van der Waals surface area (Å²) in [6.07, 6.45) is 2.53. The highest BCUT2D eigenvalue weighted by molar-refractivity contribution is 5.97. The number of esters is 1. The minimum absolute atomic E-state index is 0.0768. The molecule has 9 heteroatoms. The van der Waals surface area contributed by atoms with Crippen molar-refractivity contribution in [3.63, 3.8) is 0 Å². The van der Waals surface area contributed by atoms with Gasteiger partial charge < -0.3 is 24.3 Å². The molecule has 9 nitrogen and oxygen atoms in total. The Morgan fingerprint density at radius 2 is 1.84 bits per heavy atom. The highest BCUT2D eigenvalue weighted by Gasteiger charge is 2.36. The van der Waals surface area contributed by atoms with Crippen molar-refractivity contribution in [2.75, 3.05) is 31.6 Å². The van der Waals surface area contributed by atoms with Crippen LogP contribution in [0.4, 0.5) is 5.69 Å². The van der Waals surface area contributed by atoms with Gasteiger partial charge in [0, 0.05) is 30.9 Å². The summed E-state index contributed by atoms with van der Waals surface area (Å²) in [7, 11) is 0. The third-order valence-corrected chi connectivity index (χ3v) is 5.33. The summed E-state index contributed by atoms with van der Waals surface area (Å²) >= 11 is 0. The highest BCUT2D eigenvalue weighted by atomic mass is 16.5. The van der Waals surface area contributed by atoms with E-state index in [-0.39, 0.29) is 17.6 Å². The monoisotopic (exact) mass is 441 g/mol. The molecule has 0 saturated carbocycles. The second-order valence-corrected chi connectivity index (χ2v) is 7.34. The van der Waals surface area contributed by atoms with E-state index in [4.69, 9.17) is 9.15 Å². The first-order chi connectivity index (χ1) is 15.4. The number of hydrogen-bond donors (Lipinski definition) is 1. The van der Waals surface area contributed by atoms with Gasteiger partial charge in [0.05, 0.1) is 6.26 Å². The van der Waals surface area contributed by atoms with E-state index in [2.05, 4.69) is 5.32 Å². The number of benzene rings is 1. The van der Waals surface area contributed by atoms with Crippen molar-refractivity contribution in [3.05, 3.63) is 54.0 Å². The molecule has 2 heterocycles. The summed E-state index contributed by atoms with van der Waals surface area (Å²) in [5, 5.41) is 2.63. The van der Waals surface area contributed by atoms with Crippen molar-refractivity contribution >= 4 is 29.4 Å². The Kier molecular flexibility index (Phi) is 7.64. The fourth-order valence-corrected chi connectivity index (χ4v) is 3.62. The Balaban J connectivity index is 1.50. The number of amides is 3. The number of nitrogens with one attached hydrogen (secondary N) is 1. The standard InChI is InChI=1S/C23H27N3O6/c1-3-25(4-2)21(28)16-9-11-17(12-10-16)24-20(27)15-32-23(30)18-7-5-13-26(18)22(29)19-8-6-14-31-19/h6,8-12,14,18H,3-5,7,13,15H2,1-2H3,(H,24,27). The molecule has 0 radical (unpaired) electrons. The molecule has 2 aromatic rings. The summed E-state index contributed by atoms with van der Waals surface area (Å²) in [6, 6.07) is 8.92. The summed E-state index contributed by atoms with van der Waals surface area (Å²) < 4.78 is 10.3. The van der Waals surface area contributed by atoms with Crippen molar-refractivity contribution in [1.82, 2.24) is 9.80 Å². The Morgan fingerprint density at radius 1 is 1.12 bits per heavy atom. The normalized spacial score (nSPS) is 15.3. The summed E-state index contributed by atoms with van der Waals surface area (Å²) in [4.78, 5) is 52.6. The Hall–Kier alpha value is -3.62. The van der Waals surface area contributed by atoms with Crippen LogP contribution >= 0.6 is 0 Å². The molecule has 0 spiro atoms. The lowest BCUT2D eigenvalue weighted by Gasteiger charge is -2.22. The molecule has 32 heavy (non-hydrogen) atoms. The number of nitrogens with zero attached hydrogens (tertiary/aromatic N) is 2. The molecule has 3 amide bonds. The van der Waals surface area contributed by atoms with E-state index in [9.17, 15) is 19.2 Å². The van der Waals surface area contributed by atoms with Crippen LogP contribution in [0.3, 0.4) is 0 Å². The van der Waals surface area contributed by atoms with E-state index in [1.54, 1.807) is 35.2 Å². The molecule has 1 unspecified atom stereocenters. The second-order valence-electron chi connectivity index (χ2n) is 7.34. The van der Waals surface area contributed by atoms with Gasteiger partial charge in [0.1, 0.15) is 6.04 Å². The van der Waals surface area contributed by atoms with E-state index in [0.717, 1.165) is 0 Å². The van der Waals surface area contributed by atoms with E-state index in [1.807, 2.05) is 13.8 Å². The molecule has 1 saturated heterocycles. The van der Waals surface area contributed by atoms with Crippen molar-refractivity contribution in [2.45, 2.75) is 32.7 Å². The van der Waals surface area contributed by atoms with Crippen LogP contribution < -0.4 is 5.32 Å². The zero-order chi connectivity index (χ0) is 23.1. The van der Waals surface area contributed by atoms with Crippen LogP contribution in [0.5, 0.6) is 0 Å². The number of carbonyl (C=O) groups is 4. The zero-order valence-electron chi connectivity index (χ0n) is 18.2. The van der Waals surface area contributed by atoms with Crippen molar-refractivity contribution in [3.8, 4) is 0 Å². The maximum absolute atomic E-state index is 12.5. The quantitative estimate of drug-likeness (QED) is 0.631. The number of rotatable bonds is 8. The van der Waals surface area contributed by atoms with Gasteiger partial charge >= 0.3 is 5.97 Å². The van der Waals surface area contributed by atoms with Gasteiger partial charge in [0.15, 0.2) is 12.4 Å². The topological polar surface area (TPSA) is 109 Å². The molecule has 1 fully saturated rings. The Bertz CT molecular complexity index is 951. The number of likely N-dealkylation sites (tertiary alicyclic amines) is 1. The van der Waals surface area contributed by atoms with Gasteiger partial charge in [-0.25, -0.2) is 4.79 Å². The molecule has 3 rings (SSSR count). The van der Waals surface area contributed by atoms with E-state index in [0.29, 0.717) is 43.7 Å². The number of anilines is 1. The molecule has 170 valence electrons. The molecule has 1 aromatic carbocycles. The third kappa shape index (κ3) is 5.35. The van der Waals surface area contributed by atoms with Crippen molar-refractivity contribution in [2.24, 2.45) is 0 Å². The van der Waals surface area contributed by atoms with Crippen LogP contribution in [-0.4, -0.2) is 65.8 Å². The lowest BCUT2D eigenvalue weighted by molar-refractivity contribution is -0.151. The number of furan rings is 1. The molecule has 0 bridgehead atoms. The predicted octanol–water partition coefficient (Wildman–Crippen LogP) is 2.55. The lowest BCUT2D eigenvalue weighted by atomic mass is 10.2. The van der Waals surface area contributed by atoms with Gasteiger partial charge in [-0.15, -0.1) is 0 Å². The van der Waals surface area contributed by atoms with Gasteiger partial charge in [0.2, 0.25) is 0 Å². The van der Waals surface area contributed by atoms with Crippen LogP contribution in [0.15, 0.2) is 47.1 Å². The van der Waals surface area contributed by atoms with Crippen molar-refractivity contribution in [1.29, 1.82) is 0 Å². The predicted molar refractivity (Wildman–Crippen MR) is 116 cm³/mol. The second kappa shape index (κ2) is 10.6. The van der Waals surface area contributed by atoms with Gasteiger partial charge in [-0.3, -0.25) is 14.4 Å². The lowest BCUT2D eigenvalue weighted by Crippen LogP contribution is -2.42. The van der Waals surface area contributed by atoms with Gasteiger partial charge in [0.25, 0.3) is 17.7 Å². The Morgan fingerprint density at radius 3 is 2.47 bits per heavy atom. The molecular formula is C23H27N3O6. The largest absolute Gasteiger partial charge is 0.459 e. The van der Waals surface area contributed by atoms with E-state index >= 15 is 0 Å². The minimum atomic E-state index is -0.745. The minimum Gasteiger partial charge on any atom is -0.459 e. The van der Waals surface area contributed by atoms with Gasteiger partial charge in [-0.05, 0) is 63.1 Å². The number of ether oxygens (including phenoxy) is 1. The fraction of sp³-hybridized carbons (Fsp3) is 0.391. The van der Waals surface area contributed by atoms with Crippen molar-refractivity contribution < 1.29 is 28.3 Å². The van der Waals surface area contributed by atoms with E-state index in [1.165, 1.54) is 17.2 Å². The molecule has 1 atom stereocenters. The fourth-order valence-electron chi connectivity index (χ4n) is 3.62. The average Bonchev–Trinajstić information content (AvgIpc) is 3.51. The number of hydrogen-bond acceptors (Lipinski definition) is 6. The van der Waals surface area contributed by atoms with Crippen LogP contribution in [0.1, 0.15) is 47.6 Å². The van der Waals surface area contributed by atoms with E-state index < -0.39 is 24.5 Å². The third-order valence-electron chi connectivity index (χ3n) is 5.33. The van der Waals surface area contributed by atoms with Gasteiger partial charge in [-0.2, -0.15) is 0 Å². The molecule has 1 N–H and O–H groups in total. The summed E-state index contributed by atoms with van der Waals surface area (Å²) in [5.74, 6) is -1.43. The number of carbonyl (C=O) groups excluding carboxylic acids is 4. The molecule has 1 aliphatic rings. The SMILES string of the molecule is CCN(CC)C(=O)c1ccc(NC(=O)COC(=O)C2CCCN2C(=O)c2ccco2)cc1. The summed E-state index contributed by atoms with van der Waals surface area (Å²) in [5.41, 5.74) is 1.01. The first kappa shape index (κ1) is 23.1. The van der Waals surface area contributed by atoms with Gasteiger partial charge in [-0.1, -0.05) is 0 Å². The molecular weight excluding hydrogens is 414 g/mol.